The number of hydrogen-bond donors (Lipinski definition) is 2. The summed E-state index contributed by atoms with van der Waals surface area (Å²) in [6.07, 6.45) is 49.5. The highest BCUT2D eigenvalue weighted by atomic mass is 31.2. The fourth-order valence-corrected chi connectivity index (χ4v) is 7.56. The summed E-state index contributed by atoms with van der Waals surface area (Å²) in [7, 11) is -4.76. The molecule has 0 aliphatic carbocycles. The molecule has 56 heavy (non-hydrogen) atoms. The first-order valence-corrected chi connectivity index (χ1v) is 25.5. The van der Waals surface area contributed by atoms with E-state index in [1.54, 1.807) is 0 Å². The van der Waals surface area contributed by atoms with E-state index in [-0.39, 0.29) is 19.4 Å². The first-order valence-electron chi connectivity index (χ1n) is 24.0. The molecule has 0 aliphatic heterocycles. The molecular formula is C47H91O8P. The van der Waals surface area contributed by atoms with E-state index in [1.807, 2.05) is 0 Å². The van der Waals surface area contributed by atoms with Crippen molar-refractivity contribution in [3.05, 3.63) is 12.2 Å². The van der Waals surface area contributed by atoms with Crippen LogP contribution in [-0.4, -0.2) is 41.0 Å². The Morgan fingerprint density at radius 2 is 0.768 bits per heavy atom. The molecule has 0 unspecified atom stereocenters. The number of rotatable bonds is 45. The zero-order valence-electron chi connectivity index (χ0n) is 36.8. The molecule has 8 nitrogen and oxygen atoms in total. The Kier molecular flexibility index (Phi) is 42.4. The molecule has 0 rings (SSSR count). The van der Waals surface area contributed by atoms with E-state index in [1.165, 1.54) is 193 Å². The third-order valence-corrected chi connectivity index (χ3v) is 11.3. The summed E-state index contributed by atoms with van der Waals surface area (Å²) < 4.78 is 26.4. The van der Waals surface area contributed by atoms with Crippen molar-refractivity contribution in [2.45, 2.75) is 264 Å². The van der Waals surface area contributed by atoms with Crippen LogP contribution in [0, 0.1) is 0 Å². The van der Waals surface area contributed by atoms with Crippen molar-refractivity contribution in [2.24, 2.45) is 0 Å². The van der Waals surface area contributed by atoms with Gasteiger partial charge in [0.15, 0.2) is 6.10 Å². The molecule has 0 aromatic carbocycles. The van der Waals surface area contributed by atoms with Gasteiger partial charge in [-0.3, -0.25) is 14.1 Å². The molecule has 0 aromatic heterocycles. The third-order valence-electron chi connectivity index (χ3n) is 10.8. The molecule has 0 saturated heterocycles. The number of unbranched alkanes of at least 4 members (excludes halogenated alkanes) is 33. The van der Waals surface area contributed by atoms with Crippen molar-refractivity contribution in [3.63, 3.8) is 0 Å². The van der Waals surface area contributed by atoms with E-state index in [4.69, 9.17) is 19.3 Å². The lowest BCUT2D eigenvalue weighted by Crippen LogP contribution is -2.29. The van der Waals surface area contributed by atoms with Crippen LogP contribution in [0.1, 0.15) is 258 Å². The van der Waals surface area contributed by atoms with Gasteiger partial charge in [-0.25, -0.2) is 4.57 Å². The molecule has 0 bridgehead atoms. The molecule has 0 saturated carbocycles. The number of ether oxygens (including phenoxy) is 2. The first kappa shape index (κ1) is 54.8. The summed E-state index contributed by atoms with van der Waals surface area (Å²) >= 11 is 0. The third kappa shape index (κ3) is 45.5. The molecule has 9 heteroatoms. The topological polar surface area (TPSA) is 119 Å². The minimum atomic E-state index is -4.76. The van der Waals surface area contributed by atoms with Crippen LogP contribution in [0.15, 0.2) is 12.2 Å². The SMILES string of the molecule is CCCCCCCCCCCCCCCCCCCC/C=C/CCCC(=O)O[C@H](COC(=O)CCCCCCCCCCCCCCCCC)COP(=O)(O)O. The molecular weight excluding hydrogens is 723 g/mol. The van der Waals surface area contributed by atoms with Gasteiger partial charge in [0, 0.05) is 12.8 Å². The van der Waals surface area contributed by atoms with Gasteiger partial charge >= 0.3 is 19.8 Å². The van der Waals surface area contributed by atoms with Gasteiger partial charge in [-0.1, -0.05) is 225 Å². The van der Waals surface area contributed by atoms with Gasteiger partial charge in [-0.05, 0) is 32.1 Å². The fourth-order valence-electron chi connectivity index (χ4n) is 7.20. The molecule has 0 spiro atoms. The molecule has 0 radical (unpaired) electrons. The quantitative estimate of drug-likeness (QED) is 0.0270. The lowest BCUT2D eigenvalue weighted by atomic mass is 10.0. The van der Waals surface area contributed by atoms with E-state index in [0.717, 1.165) is 32.1 Å². The van der Waals surface area contributed by atoms with Crippen LogP contribution >= 0.6 is 7.82 Å². The summed E-state index contributed by atoms with van der Waals surface area (Å²) in [5.41, 5.74) is 0. The summed E-state index contributed by atoms with van der Waals surface area (Å²) in [4.78, 5) is 42.9. The van der Waals surface area contributed by atoms with Crippen molar-refractivity contribution in [1.82, 2.24) is 0 Å². The summed E-state index contributed by atoms with van der Waals surface area (Å²) in [6.45, 7) is 3.71. The van der Waals surface area contributed by atoms with E-state index >= 15 is 0 Å². The minimum Gasteiger partial charge on any atom is -0.462 e. The van der Waals surface area contributed by atoms with Gasteiger partial charge in [0.2, 0.25) is 0 Å². The molecule has 0 aliphatic rings. The molecule has 0 aromatic rings. The maximum atomic E-state index is 12.4. The van der Waals surface area contributed by atoms with Crippen molar-refractivity contribution >= 4 is 19.8 Å². The molecule has 332 valence electrons. The Hall–Kier alpha value is -1.21. The van der Waals surface area contributed by atoms with Crippen LogP contribution in [0.5, 0.6) is 0 Å². The smallest absolute Gasteiger partial charge is 0.462 e. The Morgan fingerprint density at radius 3 is 1.14 bits per heavy atom. The van der Waals surface area contributed by atoms with Crippen molar-refractivity contribution in [1.29, 1.82) is 0 Å². The van der Waals surface area contributed by atoms with Gasteiger partial charge in [0.1, 0.15) is 6.61 Å². The molecule has 0 fully saturated rings. The van der Waals surface area contributed by atoms with Crippen molar-refractivity contribution < 1.29 is 37.9 Å². The van der Waals surface area contributed by atoms with Crippen LogP contribution in [0.4, 0.5) is 0 Å². The van der Waals surface area contributed by atoms with Crippen LogP contribution in [0.2, 0.25) is 0 Å². The van der Waals surface area contributed by atoms with Crippen molar-refractivity contribution in [3.8, 4) is 0 Å². The number of phosphoric acid groups is 1. The summed E-state index contributed by atoms with van der Waals surface area (Å²) in [5.74, 6) is -0.906. The maximum Gasteiger partial charge on any atom is 0.469 e. The standard InChI is InChI=1S/C47H91O8P/c1-3-5-7-9-11-13-15-17-19-20-21-22-23-24-25-26-28-30-32-34-36-38-40-42-47(49)55-45(44-54-56(50,51)52)43-53-46(48)41-39-37-35-33-31-29-27-18-16-14-12-10-8-6-4-2/h34,36,45H,3-33,35,37-44H2,1-2H3,(H2,50,51,52)/b36-34+/t45-/m1/s1. The van der Waals surface area contributed by atoms with Gasteiger partial charge in [0.25, 0.3) is 0 Å². The van der Waals surface area contributed by atoms with E-state index in [9.17, 15) is 14.2 Å². The molecule has 1 atom stereocenters. The number of phosphoric ester groups is 1. The fraction of sp³-hybridized carbons (Fsp3) is 0.915. The monoisotopic (exact) mass is 815 g/mol. The number of allylic oxidation sites excluding steroid dienone is 2. The van der Waals surface area contributed by atoms with Gasteiger partial charge < -0.3 is 19.3 Å². The van der Waals surface area contributed by atoms with Crippen LogP contribution in [0.25, 0.3) is 0 Å². The Labute approximate surface area is 346 Å². The summed E-state index contributed by atoms with van der Waals surface area (Å²) in [5, 5.41) is 0. The van der Waals surface area contributed by atoms with E-state index < -0.39 is 32.5 Å². The Morgan fingerprint density at radius 1 is 0.446 bits per heavy atom. The van der Waals surface area contributed by atoms with Crippen LogP contribution in [-0.2, 0) is 28.2 Å². The predicted octanol–water partition coefficient (Wildman–Crippen LogP) is 15.0. The highest BCUT2D eigenvalue weighted by Crippen LogP contribution is 2.36. The number of hydrogen-bond acceptors (Lipinski definition) is 6. The minimum absolute atomic E-state index is 0.170. The second-order valence-corrected chi connectivity index (χ2v) is 17.7. The maximum absolute atomic E-state index is 12.4. The van der Waals surface area contributed by atoms with Crippen LogP contribution in [0.3, 0.4) is 0 Å². The zero-order chi connectivity index (χ0) is 41.1. The summed E-state index contributed by atoms with van der Waals surface area (Å²) in [6, 6.07) is 0. The lowest BCUT2D eigenvalue weighted by Gasteiger charge is -2.18. The normalized spacial score (nSPS) is 12.4. The van der Waals surface area contributed by atoms with Crippen LogP contribution < -0.4 is 0 Å². The zero-order valence-corrected chi connectivity index (χ0v) is 37.7. The predicted molar refractivity (Wildman–Crippen MR) is 235 cm³/mol. The van der Waals surface area contributed by atoms with Gasteiger partial charge in [-0.2, -0.15) is 0 Å². The van der Waals surface area contributed by atoms with Crippen molar-refractivity contribution in [2.75, 3.05) is 13.2 Å². The van der Waals surface area contributed by atoms with Gasteiger partial charge in [0.05, 0.1) is 6.61 Å². The lowest BCUT2D eigenvalue weighted by molar-refractivity contribution is -0.161. The second-order valence-electron chi connectivity index (χ2n) is 16.4. The van der Waals surface area contributed by atoms with E-state index in [2.05, 4.69) is 30.5 Å². The molecule has 0 heterocycles. The Balaban J connectivity index is 3.82. The van der Waals surface area contributed by atoms with Gasteiger partial charge in [-0.15, -0.1) is 0 Å². The first-order chi connectivity index (χ1) is 27.3. The second kappa shape index (κ2) is 43.4. The number of carbonyl (C=O) groups is 2. The highest BCUT2D eigenvalue weighted by molar-refractivity contribution is 7.46. The number of esters is 2. The Bertz CT molecular complexity index is 920. The largest absolute Gasteiger partial charge is 0.469 e. The van der Waals surface area contributed by atoms with E-state index in [0.29, 0.717) is 6.42 Å². The average Bonchev–Trinajstić information content (AvgIpc) is 3.17. The molecule has 2 N–H and O–H groups in total. The highest BCUT2D eigenvalue weighted by Gasteiger charge is 2.22. The number of carbonyl (C=O) groups excluding carboxylic acids is 2. The average molecular weight is 815 g/mol. The molecule has 0 amide bonds.